The number of aromatic nitrogens is 2. The summed E-state index contributed by atoms with van der Waals surface area (Å²) in [6, 6.07) is 1.94. The zero-order valence-corrected chi connectivity index (χ0v) is 13.8. The average molecular weight is 312 g/mol. The van der Waals surface area contributed by atoms with Crippen LogP contribution in [0.4, 0.5) is 11.8 Å². The largest absolute Gasteiger partial charge is 0.354 e. The molecular weight excluding hydrogens is 288 g/mol. The highest BCUT2D eigenvalue weighted by atomic mass is 32.2. The van der Waals surface area contributed by atoms with E-state index >= 15 is 0 Å². The molecule has 1 aromatic heterocycles. The first-order valence-electron chi connectivity index (χ1n) is 7.51. The van der Waals surface area contributed by atoms with Crippen LogP contribution in [0.25, 0.3) is 0 Å². The highest BCUT2D eigenvalue weighted by Gasteiger charge is 2.32. The smallest absolute Gasteiger partial charge is 0.224 e. The number of aryl methyl sites for hydroxylation is 1. The Morgan fingerprint density at radius 2 is 2.14 bits per heavy atom. The van der Waals surface area contributed by atoms with Crippen molar-refractivity contribution in [3.63, 3.8) is 0 Å². The Hall–Kier alpha value is -1.37. The lowest BCUT2D eigenvalue weighted by Crippen LogP contribution is -2.37. The summed E-state index contributed by atoms with van der Waals surface area (Å²) in [4.78, 5) is 11.0. The zero-order chi connectivity index (χ0) is 15.5. The molecule has 2 heterocycles. The summed E-state index contributed by atoms with van der Waals surface area (Å²) in [5, 5.41) is 3.19. The molecule has 7 heteroatoms. The number of sulfone groups is 1. The van der Waals surface area contributed by atoms with E-state index in [9.17, 15) is 8.42 Å². The summed E-state index contributed by atoms with van der Waals surface area (Å²) in [6.45, 7) is 7.62. The van der Waals surface area contributed by atoms with Gasteiger partial charge in [-0.25, -0.2) is 13.4 Å². The number of hydrogen-bond acceptors (Lipinski definition) is 6. The van der Waals surface area contributed by atoms with Crippen LogP contribution in [0.15, 0.2) is 6.07 Å². The third-order valence-corrected chi connectivity index (χ3v) is 5.41. The van der Waals surface area contributed by atoms with Crippen molar-refractivity contribution < 1.29 is 8.42 Å². The van der Waals surface area contributed by atoms with Crippen molar-refractivity contribution in [1.29, 1.82) is 0 Å². The van der Waals surface area contributed by atoms with Gasteiger partial charge in [-0.15, -0.1) is 0 Å². The van der Waals surface area contributed by atoms with Crippen molar-refractivity contribution in [2.75, 3.05) is 34.8 Å². The third kappa shape index (κ3) is 4.06. The van der Waals surface area contributed by atoms with Gasteiger partial charge in [0, 0.05) is 30.9 Å². The van der Waals surface area contributed by atoms with Crippen LogP contribution in [0.1, 0.15) is 32.4 Å². The van der Waals surface area contributed by atoms with E-state index in [-0.39, 0.29) is 17.5 Å². The predicted molar refractivity (Wildman–Crippen MR) is 85.6 cm³/mol. The lowest BCUT2D eigenvalue weighted by molar-refractivity contribution is 0.599. The molecule has 6 nitrogen and oxygen atoms in total. The highest BCUT2D eigenvalue weighted by molar-refractivity contribution is 7.91. The van der Waals surface area contributed by atoms with E-state index in [1.54, 1.807) is 0 Å². The molecule has 0 bridgehead atoms. The Balaban J connectivity index is 2.23. The zero-order valence-electron chi connectivity index (χ0n) is 13.0. The maximum Gasteiger partial charge on any atom is 0.224 e. The molecule has 118 valence electrons. The Kier molecular flexibility index (Phi) is 5.03. The van der Waals surface area contributed by atoms with Gasteiger partial charge in [0.15, 0.2) is 9.84 Å². The Bertz CT molecular complexity index is 589. The Morgan fingerprint density at radius 1 is 1.38 bits per heavy atom. The van der Waals surface area contributed by atoms with E-state index in [0.29, 0.717) is 12.4 Å². The molecular formula is C14H24N4O2S. The first-order chi connectivity index (χ1) is 9.95. The first kappa shape index (κ1) is 16.0. The standard InChI is InChI=1S/C14H24N4O2S/c1-4-7-15-14-16-11(3)9-13(17-14)18(5-2)12-6-8-21(19,20)10-12/h9,12H,4-8,10H2,1-3H3,(H,15,16,17). The fourth-order valence-electron chi connectivity index (χ4n) is 2.64. The number of anilines is 2. The van der Waals surface area contributed by atoms with Crippen molar-refractivity contribution in [1.82, 2.24) is 9.97 Å². The van der Waals surface area contributed by atoms with Crippen LogP contribution in [-0.4, -0.2) is 49.0 Å². The molecule has 21 heavy (non-hydrogen) atoms. The van der Waals surface area contributed by atoms with Gasteiger partial charge in [0.2, 0.25) is 5.95 Å². The second kappa shape index (κ2) is 6.60. The number of rotatable bonds is 6. The summed E-state index contributed by atoms with van der Waals surface area (Å²) in [5.41, 5.74) is 0.887. The van der Waals surface area contributed by atoms with Crippen molar-refractivity contribution >= 4 is 21.6 Å². The van der Waals surface area contributed by atoms with E-state index < -0.39 is 9.84 Å². The SMILES string of the molecule is CCCNc1nc(C)cc(N(CC)C2CCS(=O)(=O)C2)n1. The monoisotopic (exact) mass is 312 g/mol. The summed E-state index contributed by atoms with van der Waals surface area (Å²) >= 11 is 0. The topological polar surface area (TPSA) is 75.2 Å². The van der Waals surface area contributed by atoms with Gasteiger partial charge in [-0.3, -0.25) is 0 Å². The van der Waals surface area contributed by atoms with Crippen LogP contribution in [0, 0.1) is 6.92 Å². The molecule has 1 unspecified atom stereocenters. The molecule has 0 radical (unpaired) electrons. The van der Waals surface area contributed by atoms with Crippen molar-refractivity contribution in [3.05, 3.63) is 11.8 Å². The van der Waals surface area contributed by atoms with Gasteiger partial charge in [-0.2, -0.15) is 4.98 Å². The van der Waals surface area contributed by atoms with Gasteiger partial charge >= 0.3 is 0 Å². The molecule has 2 rings (SSSR count). The van der Waals surface area contributed by atoms with E-state index in [0.717, 1.165) is 31.0 Å². The molecule has 0 saturated carbocycles. The first-order valence-corrected chi connectivity index (χ1v) is 9.34. The van der Waals surface area contributed by atoms with E-state index in [1.165, 1.54) is 0 Å². The van der Waals surface area contributed by atoms with Crippen LogP contribution in [-0.2, 0) is 9.84 Å². The Labute approximate surface area is 126 Å². The van der Waals surface area contributed by atoms with Crippen LogP contribution in [0.3, 0.4) is 0 Å². The molecule has 0 aromatic carbocycles. The molecule has 0 amide bonds. The van der Waals surface area contributed by atoms with Crippen LogP contribution >= 0.6 is 0 Å². The number of nitrogens with zero attached hydrogens (tertiary/aromatic N) is 3. The second-order valence-corrected chi connectivity index (χ2v) is 7.69. The quantitative estimate of drug-likeness (QED) is 0.860. The van der Waals surface area contributed by atoms with Crippen LogP contribution < -0.4 is 10.2 Å². The summed E-state index contributed by atoms with van der Waals surface area (Å²) in [5.74, 6) is 1.93. The fraction of sp³-hybridized carbons (Fsp3) is 0.714. The minimum atomic E-state index is -2.89. The molecule has 1 aromatic rings. The van der Waals surface area contributed by atoms with Gasteiger partial charge in [0.05, 0.1) is 11.5 Å². The minimum Gasteiger partial charge on any atom is -0.354 e. The maximum atomic E-state index is 11.7. The van der Waals surface area contributed by atoms with Gasteiger partial charge in [-0.05, 0) is 26.7 Å². The number of hydrogen-bond donors (Lipinski definition) is 1. The van der Waals surface area contributed by atoms with Crippen molar-refractivity contribution in [2.45, 2.75) is 39.7 Å². The molecule has 0 spiro atoms. The summed E-state index contributed by atoms with van der Waals surface area (Å²) < 4.78 is 23.4. The van der Waals surface area contributed by atoms with Crippen LogP contribution in [0.2, 0.25) is 0 Å². The van der Waals surface area contributed by atoms with Crippen molar-refractivity contribution in [3.8, 4) is 0 Å². The lowest BCUT2D eigenvalue weighted by atomic mass is 10.2. The van der Waals surface area contributed by atoms with E-state index in [1.807, 2.05) is 19.9 Å². The van der Waals surface area contributed by atoms with Gasteiger partial charge in [-0.1, -0.05) is 6.92 Å². The third-order valence-electron chi connectivity index (χ3n) is 3.66. The molecule has 1 N–H and O–H groups in total. The lowest BCUT2D eigenvalue weighted by Gasteiger charge is -2.28. The fourth-order valence-corrected chi connectivity index (χ4v) is 4.37. The Morgan fingerprint density at radius 3 is 2.71 bits per heavy atom. The second-order valence-electron chi connectivity index (χ2n) is 5.46. The highest BCUT2D eigenvalue weighted by Crippen LogP contribution is 2.24. The summed E-state index contributed by atoms with van der Waals surface area (Å²) in [6.07, 6.45) is 1.68. The average Bonchev–Trinajstić information content (AvgIpc) is 2.77. The molecule has 1 atom stereocenters. The number of nitrogens with one attached hydrogen (secondary N) is 1. The predicted octanol–water partition coefficient (Wildman–Crippen LogP) is 1.62. The minimum absolute atomic E-state index is 0.0216. The normalized spacial score (nSPS) is 20.4. The van der Waals surface area contributed by atoms with Gasteiger partial charge in [0.25, 0.3) is 0 Å². The molecule has 1 fully saturated rings. The van der Waals surface area contributed by atoms with Crippen LogP contribution in [0.5, 0.6) is 0 Å². The summed E-state index contributed by atoms with van der Waals surface area (Å²) in [7, 11) is -2.89. The van der Waals surface area contributed by atoms with E-state index in [2.05, 4.69) is 27.1 Å². The molecule has 1 aliphatic heterocycles. The molecule has 1 aliphatic rings. The molecule has 0 aliphatic carbocycles. The van der Waals surface area contributed by atoms with Gasteiger partial charge < -0.3 is 10.2 Å². The van der Waals surface area contributed by atoms with E-state index in [4.69, 9.17) is 0 Å². The van der Waals surface area contributed by atoms with Crippen molar-refractivity contribution in [2.24, 2.45) is 0 Å². The van der Waals surface area contributed by atoms with Gasteiger partial charge in [0.1, 0.15) is 5.82 Å². The molecule has 1 saturated heterocycles. The maximum absolute atomic E-state index is 11.7.